The first kappa shape index (κ1) is 25.2. The summed E-state index contributed by atoms with van der Waals surface area (Å²) >= 11 is 0. The lowest BCUT2D eigenvalue weighted by molar-refractivity contribution is 0.0606. The number of ketones is 2. The van der Waals surface area contributed by atoms with Crippen molar-refractivity contribution in [1.29, 1.82) is 0 Å². The smallest absolute Gasteiger partial charge is 0.174 e. The van der Waals surface area contributed by atoms with Gasteiger partial charge in [0.15, 0.2) is 11.6 Å². The van der Waals surface area contributed by atoms with Crippen LogP contribution in [0.4, 0.5) is 0 Å². The van der Waals surface area contributed by atoms with E-state index in [1.807, 2.05) is 6.92 Å². The van der Waals surface area contributed by atoms with Crippen molar-refractivity contribution in [1.82, 2.24) is 0 Å². The number of fused-ring (bicyclic) bond motifs is 1. The predicted molar refractivity (Wildman–Crippen MR) is 126 cm³/mol. The zero-order valence-corrected chi connectivity index (χ0v) is 20.6. The van der Waals surface area contributed by atoms with Gasteiger partial charge in [0.2, 0.25) is 0 Å². The Morgan fingerprint density at radius 3 is 2.21 bits per heavy atom. The molecule has 34 heavy (non-hydrogen) atoms. The summed E-state index contributed by atoms with van der Waals surface area (Å²) in [5, 5.41) is 43.4. The number of rotatable bonds is 6. The Balaban J connectivity index is 2.33. The molecule has 2 aromatic carbocycles. The van der Waals surface area contributed by atoms with E-state index in [4.69, 9.17) is 9.47 Å². The van der Waals surface area contributed by atoms with Gasteiger partial charge in [-0.15, -0.1) is 0 Å². The van der Waals surface area contributed by atoms with Crippen molar-refractivity contribution in [2.45, 2.75) is 66.4 Å². The van der Waals surface area contributed by atoms with Crippen molar-refractivity contribution >= 4 is 11.6 Å². The molecule has 1 aliphatic heterocycles. The van der Waals surface area contributed by atoms with Crippen molar-refractivity contribution in [3.05, 3.63) is 33.4 Å². The monoisotopic (exact) mass is 472 g/mol. The summed E-state index contributed by atoms with van der Waals surface area (Å²) in [7, 11) is 1.36. The molecule has 0 bridgehead atoms. The van der Waals surface area contributed by atoms with Crippen LogP contribution in [0.3, 0.4) is 0 Å². The highest BCUT2D eigenvalue weighted by Gasteiger charge is 2.39. The van der Waals surface area contributed by atoms with Gasteiger partial charge in [-0.1, -0.05) is 13.8 Å². The zero-order chi connectivity index (χ0) is 25.7. The molecule has 3 rings (SSSR count). The summed E-state index contributed by atoms with van der Waals surface area (Å²) in [6.45, 7) is 10.00. The molecule has 184 valence electrons. The van der Waals surface area contributed by atoms with Gasteiger partial charge in [-0.2, -0.15) is 0 Å². The lowest BCUT2D eigenvalue weighted by Crippen LogP contribution is -2.36. The van der Waals surface area contributed by atoms with Crippen molar-refractivity contribution in [3.63, 3.8) is 0 Å². The number of phenolic OH excluding ortho intramolecular Hbond substituents is 4. The third-order valence-corrected chi connectivity index (χ3v) is 6.57. The minimum absolute atomic E-state index is 0.0174. The van der Waals surface area contributed by atoms with Crippen LogP contribution >= 0.6 is 0 Å². The number of benzene rings is 2. The number of methoxy groups -OCH3 is 1. The van der Waals surface area contributed by atoms with Gasteiger partial charge < -0.3 is 29.9 Å². The second-order valence-electron chi connectivity index (χ2n) is 9.53. The first-order chi connectivity index (χ1) is 15.8. The van der Waals surface area contributed by atoms with Crippen LogP contribution in [-0.2, 0) is 6.42 Å². The van der Waals surface area contributed by atoms with E-state index in [0.717, 1.165) is 0 Å². The van der Waals surface area contributed by atoms with E-state index in [2.05, 4.69) is 0 Å². The topological polar surface area (TPSA) is 134 Å². The summed E-state index contributed by atoms with van der Waals surface area (Å²) < 4.78 is 11.5. The van der Waals surface area contributed by atoms with Crippen LogP contribution in [0.2, 0.25) is 0 Å². The average molecular weight is 473 g/mol. The Hall–Kier alpha value is -3.42. The average Bonchev–Trinajstić information content (AvgIpc) is 2.76. The van der Waals surface area contributed by atoms with Crippen LogP contribution in [0, 0.1) is 19.8 Å². The van der Waals surface area contributed by atoms with Gasteiger partial charge in [0.05, 0.1) is 13.5 Å². The fraction of sp³-hybridized carbons (Fsp3) is 0.462. The number of Topliss-reactive ketones (excluding diaryl/α,β-unsaturated/α-hetero) is 2. The number of aromatic hydroxyl groups is 4. The lowest BCUT2D eigenvalue weighted by atomic mass is 9.86. The predicted octanol–water partition coefficient (Wildman–Crippen LogP) is 4.70. The molecule has 1 unspecified atom stereocenters. The Labute approximate surface area is 198 Å². The molecule has 0 saturated carbocycles. The number of hydrogen-bond acceptors (Lipinski definition) is 8. The van der Waals surface area contributed by atoms with Gasteiger partial charge >= 0.3 is 0 Å². The van der Waals surface area contributed by atoms with Crippen LogP contribution < -0.4 is 9.47 Å². The number of phenols is 4. The number of carbonyl (C=O) groups excluding carboxylic acids is 2. The first-order valence-electron chi connectivity index (χ1n) is 11.2. The second kappa shape index (κ2) is 8.74. The number of carbonyl (C=O) groups is 2. The fourth-order valence-corrected chi connectivity index (χ4v) is 4.39. The molecule has 8 heteroatoms. The third-order valence-electron chi connectivity index (χ3n) is 6.57. The SMILES string of the molecule is CCC(C)C(=O)c1c(O)c(C)c(OC)c(Cc2c(O)c(C)c(O)c3c2OC(C)(C)CC3=O)c1O. The molecule has 1 heterocycles. The Kier molecular flexibility index (Phi) is 6.48. The van der Waals surface area contributed by atoms with Gasteiger partial charge in [0.25, 0.3) is 0 Å². The molecule has 0 spiro atoms. The van der Waals surface area contributed by atoms with Crippen molar-refractivity contribution in [3.8, 4) is 34.5 Å². The standard InChI is InChI=1S/C26H32O8/c1-8-11(2)19(28)18-22(31)13(4)24(33-7)15(23(18)32)9-14-20(29)12(3)21(30)17-16(27)10-26(5,6)34-25(14)17/h11,29-32H,8-10H2,1-7H3. The van der Waals surface area contributed by atoms with E-state index in [9.17, 15) is 30.0 Å². The van der Waals surface area contributed by atoms with Crippen LogP contribution in [0.15, 0.2) is 0 Å². The molecule has 0 fully saturated rings. The van der Waals surface area contributed by atoms with E-state index in [0.29, 0.717) is 6.42 Å². The van der Waals surface area contributed by atoms with E-state index in [1.54, 1.807) is 27.7 Å². The minimum Gasteiger partial charge on any atom is -0.507 e. The van der Waals surface area contributed by atoms with Gasteiger partial charge in [0, 0.05) is 34.6 Å². The summed E-state index contributed by atoms with van der Waals surface area (Å²) in [4.78, 5) is 25.8. The normalized spacial score (nSPS) is 15.4. The summed E-state index contributed by atoms with van der Waals surface area (Å²) in [5.74, 6) is -2.55. The van der Waals surface area contributed by atoms with Gasteiger partial charge in [0.1, 0.15) is 51.2 Å². The van der Waals surface area contributed by atoms with Gasteiger partial charge in [-0.3, -0.25) is 9.59 Å². The largest absolute Gasteiger partial charge is 0.507 e. The first-order valence-corrected chi connectivity index (χ1v) is 11.2. The molecule has 2 aromatic rings. The molecule has 0 amide bonds. The Morgan fingerprint density at radius 2 is 1.65 bits per heavy atom. The summed E-state index contributed by atoms with van der Waals surface area (Å²) in [5.41, 5.74) is -0.489. The molecular weight excluding hydrogens is 440 g/mol. The van der Waals surface area contributed by atoms with Crippen LogP contribution in [0.25, 0.3) is 0 Å². The molecule has 0 radical (unpaired) electrons. The molecule has 0 aromatic heterocycles. The molecule has 0 aliphatic carbocycles. The molecule has 0 saturated heterocycles. The van der Waals surface area contributed by atoms with Crippen molar-refractivity contribution in [2.24, 2.45) is 5.92 Å². The minimum atomic E-state index is -0.887. The number of hydrogen-bond donors (Lipinski definition) is 4. The zero-order valence-electron chi connectivity index (χ0n) is 20.6. The second-order valence-corrected chi connectivity index (χ2v) is 9.53. The molecule has 1 aliphatic rings. The van der Waals surface area contributed by atoms with Crippen LogP contribution in [-0.4, -0.2) is 44.7 Å². The van der Waals surface area contributed by atoms with Crippen molar-refractivity contribution < 1.29 is 39.5 Å². The quantitative estimate of drug-likeness (QED) is 0.445. The third kappa shape index (κ3) is 3.91. The summed E-state index contributed by atoms with van der Waals surface area (Å²) in [6, 6.07) is 0. The highest BCUT2D eigenvalue weighted by molar-refractivity contribution is 6.05. The maximum absolute atomic E-state index is 13.0. The molecular formula is C26H32O8. The fourth-order valence-electron chi connectivity index (χ4n) is 4.39. The maximum Gasteiger partial charge on any atom is 0.174 e. The van der Waals surface area contributed by atoms with Crippen molar-refractivity contribution in [2.75, 3.05) is 7.11 Å². The highest BCUT2D eigenvalue weighted by Crippen LogP contribution is 2.50. The Bertz CT molecular complexity index is 1190. The molecule has 8 nitrogen and oxygen atoms in total. The maximum atomic E-state index is 13.0. The molecule has 1 atom stereocenters. The van der Waals surface area contributed by atoms with E-state index in [1.165, 1.54) is 14.0 Å². The molecule has 4 N–H and O–H groups in total. The van der Waals surface area contributed by atoms with Gasteiger partial charge in [-0.05, 0) is 34.1 Å². The van der Waals surface area contributed by atoms with E-state index < -0.39 is 23.1 Å². The highest BCUT2D eigenvalue weighted by atomic mass is 16.5. The number of ether oxygens (including phenoxy) is 2. The van der Waals surface area contributed by atoms with Crippen LogP contribution in [0.5, 0.6) is 34.5 Å². The lowest BCUT2D eigenvalue weighted by Gasteiger charge is -2.34. The van der Waals surface area contributed by atoms with Gasteiger partial charge in [-0.25, -0.2) is 0 Å². The van der Waals surface area contributed by atoms with Crippen LogP contribution in [0.1, 0.15) is 83.5 Å². The van der Waals surface area contributed by atoms with E-state index >= 15 is 0 Å². The summed E-state index contributed by atoms with van der Waals surface area (Å²) in [6.07, 6.45) is 0.363. The Morgan fingerprint density at radius 1 is 1.03 bits per heavy atom. The van der Waals surface area contributed by atoms with E-state index in [-0.39, 0.29) is 80.8 Å².